The second-order valence-corrected chi connectivity index (χ2v) is 3.63. The highest BCUT2D eigenvalue weighted by Crippen LogP contribution is 2.28. The first-order valence-electron chi connectivity index (χ1n) is 5.27. The summed E-state index contributed by atoms with van der Waals surface area (Å²) in [5.74, 6) is -1.29. The summed E-state index contributed by atoms with van der Waals surface area (Å²) in [6, 6.07) is 8.89. The molecule has 0 aliphatic carbocycles. The summed E-state index contributed by atoms with van der Waals surface area (Å²) in [7, 11) is 0. The third-order valence-electron chi connectivity index (χ3n) is 2.41. The molecule has 0 N–H and O–H groups in total. The maximum absolute atomic E-state index is 13.4. The molecule has 0 aromatic heterocycles. The molecule has 5 heteroatoms. The quantitative estimate of drug-likeness (QED) is 0.793. The topological polar surface area (TPSA) is 50.1 Å². The standard InChI is InChI=1S/C14H7F2NO2/c15-10-4-5-13(9(6-10)8-18)19-14-3-1-2-12(16)11(14)7-17/h1-6,8H. The number of nitrogens with zero attached hydrogens (tertiary/aromatic N) is 1. The van der Waals surface area contributed by atoms with Crippen LogP contribution < -0.4 is 4.74 Å². The van der Waals surface area contributed by atoms with Gasteiger partial charge in [-0.25, -0.2) is 8.78 Å². The van der Waals surface area contributed by atoms with E-state index in [-0.39, 0.29) is 22.6 Å². The van der Waals surface area contributed by atoms with Crippen molar-refractivity contribution in [1.29, 1.82) is 5.26 Å². The third kappa shape index (κ3) is 2.58. The van der Waals surface area contributed by atoms with Crippen LogP contribution in [0.3, 0.4) is 0 Å². The number of ether oxygens (including phenoxy) is 1. The Morgan fingerprint density at radius 1 is 1.16 bits per heavy atom. The van der Waals surface area contributed by atoms with E-state index in [0.29, 0.717) is 6.29 Å². The fraction of sp³-hybridized carbons (Fsp3) is 0. The number of carbonyl (C=O) groups is 1. The summed E-state index contributed by atoms with van der Waals surface area (Å²) in [5.41, 5.74) is -0.295. The number of hydrogen-bond donors (Lipinski definition) is 0. The molecule has 0 saturated carbocycles. The fourth-order valence-corrected chi connectivity index (χ4v) is 1.52. The van der Waals surface area contributed by atoms with Gasteiger partial charge in [-0.05, 0) is 30.3 Å². The number of aldehydes is 1. The molecule has 0 aliphatic rings. The van der Waals surface area contributed by atoms with E-state index in [4.69, 9.17) is 10.00 Å². The molecule has 0 saturated heterocycles. The van der Waals surface area contributed by atoms with E-state index in [9.17, 15) is 13.6 Å². The van der Waals surface area contributed by atoms with Gasteiger partial charge in [0.15, 0.2) is 6.29 Å². The van der Waals surface area contributed by atoms with Crippen LogP contribution in [0, 0.1) is 23.0 Å². The monoisotopic (exact) mass is 259 g/mol. The molecule has 0 spiro atoms. The molecule has 94 valence electrons. The summed E-state index contributed by atoms with van der Waals surface area (Å²) >= 11 is 0. The van der Waals surface area contributed by atoms with Crippen molar-refractivity contribution in [3.05, 3.63) is 59.2 Å². The summed E-state index contributed by atoms with van der Waals surface area (Å²) in [6.45, 7) is 0. The lowest BCUT2D eigenvalue weighted by Crippen LogP contribution is -1.95. The molecule has 0 atom stereocenters. The lowest BCUT2D eigenvalue weighted by atomic mass is 10.2. The van der Waals surface area contributed by atoms with E-state index in [1.54, 1.807) is 6.07 Å². The first kappa shape index (κ1) is 12.7. The maximum atomic E-state index is 13.4. The highest BCUT2D eigenvalue weighted by Gasteiger charge is 2.12. The Balaban J connectivity index is 2.45. The lowest BCUT2D eigenvalue weighted by molar-refractivity contribution is 0.112. The number of benzene rings is 2. The van der Waals surface area contributed by atoms with E-state index >= 15 is 0 Å². The molecule has 19 heavy (non-hydrogen) atoms. The fourth-order valence-electron chi connectivity index (χ4n) is 1.52. The van der Waals surface area contributed by atoms with Crippen LogP contribution in [0.25, 0.3) is 0 Å². The number of halogens is 2. The van der Waals surface area contributed by atoms with Crippen LogP contribution in [0.15, 0.2) is 36.4 Å². The van der Waals surface area contributed by atoms with Gasteiger partial charge < -0.3 is 4.74 Å². The largest absolute Gasteiger partial charge is 0.455 e. The Labute approximate surface area is 107 Å². The molecule has 0 radical (unpaired) electrons. The highest BCUT2D eigenvalue weighted by molar-refractivity contribution is 5.79. The molecule has 0 amide bonds. The van der Waals surface area contributed by atoms with Crippen molar-refractivity contribution >= 4 is 6.29 Å². The van der Waals surface area contributed by atoms with Gasteiger partial charge in [0.2, 0.25) is 0 Å². The van der Waals surface area contributed by atoms with Crippen molar-refractivity contribution in [2.24, 2.45) is 0 Å². The maximum Gasteiger partial charge on any atom is 0.153 e. The van der Waals surface area contributed by atoms with Crippen LogP contribution in [0.4, 0.5) is 8.78 Å². The second-order valence-electron chi connectivity index (χ2n) is 3.63. The van der Waals surface area contributed by atoms with Crippen LogP contribution in [-0.4, -0.2) is 6.29 Å². The summed E-state index contributed by atoms with van der Waals surface area (Å²) in [6.07, 6.45) is 0.420. The number of carbonyl (C=O) groups excluding carboxylic acids is 1. The molecule has 3 nitrogen and oxygen atoms in total. The van der Waals surface area contributed by atoms with Crippen molar-refractivity contribution in [3.63, 3.8) is 0 Å². The van der Waals surface area contributed by atoms with Gasteiger partial charge in [0.25, 0.3) is 0 Å². The van der Waals surface area contributed by atoms with Crippen LogP contribution in [-0.2, 0) is 0 Å². The van der Waals surface area contributed by atoms with Gasteiger partial charge in [0.05, 0.1) is 5.56 Å². The molecular formula is C14H7F2NO2. The number of rotatable bonds is 3. The zero-order chi connectivity index (χ0) is 13.8. The van der Waals surface area contributed by atoms with Gasteiger partial charge >= 0.3 is 0 Å². The van der Waals surface area contributed by atoms with Crippen LogP contribution in [0.1, 0.15) is 15.9 Å². The molecule has 0 heterocycles. The molecule has 0 aliphatic heterocycles. The molecule has 2 aromatic rings. The molecule has 2 rings (SSSR count). The van der Waals surface area contributed by atoms with E-state index in [2.05, 4.69) is 0 Å². The second kappa shape index (κ2) is 5.27. The van der Waals surface area contributed by atoms with Gasteiger partial charge in [-0.1, -0.05) is 6.07 Å². The minimum Gasteiger partial charge on any atom is -0.455 e. The number of hydrogen-bond acceptors (Lipinski definition) is 3. The Bertz CT molecular complexity index is 678. The van der Waals surface area contributed by atoms with Crippen molar-refractivity contribution in [2.45, 2.75) is 0 Å². The van der Waals surface area contributed by atoms with E-state index in [0.717, 1.165) is 18.2 Å². The summed E-state index contributed by atoms with van der Waals surface area (Å²) in [4.78, 5) is 10.8. The smallest absolute Gasteiger partial charge is 0.153 e. The van der Waals surface area contributed by atoms with Crippen LogP contribution in [0.5, 0.6) is 11.5 Å². The SMILES string of the molecule is N#Cc1c(F)cccc1Oc1ccc(F)cc1C=O. The molecule has 2 aromatic carbocycles. The third-order valence-corrected chi connectivity index (χ3v) is 2.41. The average molecular weight is 259 g/mol. The molecule has 0 bridgehead atoms. The average Bonchev–Trinajstić information content (AvgIpc) is 2.41. The van der Waals surface area contributed by atoms with Gasteiger partial charge in [0, 0.05) is 0 Å². The lowest BCUT2D eigenvalue weighted by Gasteiger charge is -2.09. The van der Waals surface area contributed by atoms with E-state index in [1.807, 2.05) is 0 Å². The van der Waals surface area contributed by atoms with Crippen LogP contribution >= 0.6 is 0 Å². The molecule has 0 fully saturated rings. The zero-order valence-electron chi connectivity index (χ0n) is 9.56. The van der Waals surface area contributed by atoms with Gasteiger partial charge in [0.1, 0.15) is 34.8 Å². The van der Waals surface area contributed by atoms with Crippen molar-refractivity contribution < 1.29 is 18.3 Å². The van der Waals surface area contributed by atoms with Crippen LogP contribution in [0.2, 0.25) is 0 Å². The number of nitriles is 1. The van der Waals surface area contributed by atoms with E-state index < -0.39 is 11.6 Å². The minimum atomic E-state index is -0.727. The van der Waals surface area contributed by atoms with Crippen molar-refractivity contribution in [3.8, 4) is 17.6 Å². The molecular weight excluding hydrogens is 252 g/mol. The van der Waals surface area contributed by atoms with E-state index in [1.165, 1.54) is 18.2 Å². The van der Waals surface area contributed by atoms with Gasteiger partial charge in [-0.3, -0.25) is 4.79 Å². The van der Waals surface area contributed by atoms with Gasteiger partial charge in [-0.2, -0.15) is 5.26 Å². The predicted molar refractivity (Wildman–Crippen MR) is 63.0 cm³/mol. The Morgan fingerprint density at radius 2 is 1.95 bits per heavy atom. The highest BCUT2D eigenvalue weighted by atomic mass is 19.1. The Morgan fingerprint density at radius 3 is 2.63 bits per heavy atom. The Kier molecular flexibility index (Phi) is 3.53. The zero-order valence-corrected chi connectivity index (χ0v) is 9.56. The first-order chi connectivity index (χ1) is 9.15. The predicted octanol–water partition coefficient (Wildman–Crippen LogP) is 3.44. The minimum absolute atomic E-state index is 0.0202. The molecule has 0 unspecified atom stereocenters. The summed E-state index contributed by atoms with van der Waals surface area (Å²) < 4.78 is 31.6. The first-order valence-corrected chi connectivity index (χ1v) is 5.27. The van der Waals surface area contributed by atoms with Gasteiger partial charge in [-0.15, -0.1) is 0 Å². The van der Waals surface area contributed by atoms with Crippen molar-refractivity contribution in [1.82, 2.24) is 0 Å². The Hall–Kier alpha value is -2.74. The summed E-state index contributed by atoms with van der Waals surface area (Å²) in [5, 5.41) is 8.85. The van der Waals surface area contributed by atoms with Crippen molar-refractivity contribution in [2.75, 3.05) is 0 Å². The normalized spacial score (nSPS) is 9.74.